The molecular formula is C9H12N2OS. The zero-order chi connectivity index (χ0) is 9.68. The summed E-state index contributed by atoms with van der Waals surface area (Å²) < 4.78 is 0. The average Bonchev–Trinajstić information content (AvgIpc) is 2.48. The Bertz CT molecular complexity index is 313. The van der Waals surface area contributed by atoms with Gasteiger partial charge in [0.25, 0.3) is 0 Å². The smallest absolute Gasteiger partial charge is 0.235 e. The number of thiazole rings is 1. The van der Waals surface area contributed by atoms with Crippen LogP contribution < -0.4 is 0 Å². The van der Waals surface area contributed by atoms with Gasteiger partial charge in [-0.3, -0.25) is 0 Å². The summed E-state index contributed by atoms with van der Waals surface area (Å²) in [6, 6.07) is 0. The molecule has 3 nitrogen and oxygen atoms in total. The van der Waals surface area contributed by atoms with E-state index < -0.39 is 0 Å². The van der Waals surface area contributed by atoms with E-state index in [1.807, 2.05) is 5.38 Å². The Labute approximate surface area is 81.5 Å². The van der Waals surface area contributed by atoms with Gasteiger partial charge in [0.1, 0.15) is 0 Å². The van der Waals surface area contributed by atoms with Crippen molar-refractivity contribution in [3.8, 4) is 0 Å². The summed E-state index contributed by atoms with van der Waals surface area (Å²) in [4.78, 5) is 17.7. The normalized spacial score (nSPS) is 10.1. The summed E-state index contributed by atoms with van der Waals surface area (Å²) in [6.45, 7) is 4.67. The van der Waals surface area contributed by atoms with Gasteiger partial charge in [-0.25, -0.2) is 9.78 Å². The van der Waals surface area contributed by atoms with Gasteiger partial charge in [-0.2, -0.15) is 4.99 Å². The molecule has 0 N–H and O–H groups in total. The minimum absolute atomic E-state index is 0.359. The zero-order valence-corrected chi connectivity index (χ0v) is 8.60. The van der Waals surface area contributed by atoms with Gasteiger partial charge < -0.3 is 0 Å². The minimum atomic E-state index is 0.359. The highest BCUT2D eigenvalue weighted by Crippen LogP contribution is 2.14. The molecule has 0 amide bonds. The number of aromatic nitrogens is 1. The SMILES string of the molecule is CC(C)Cc1nc(CN=C=O)cs1. The van der Waals surface area contributed by atoms with Crippen molar-refractivity contribution < 1.29 is 4.79 Å². The van der Waals surface area contributed by atoms with E-state index in [0.717, 1.165) is 17.1 Å². The van der Waals surface area contributed by atoms with Gasteiger partial charge in [-0.1, -0.05) is 13.8 Å². The number of nitrogens with zero attached hydrogens (tertiary/aromatic N) is 2. The number of carbonyl (C=O) groups excluding carboxylic acids is 1. The molecule has 0 radical (unpaired) electrons. The van der Waals surface area contributed by atoms with Crippen molar-refractivity contribution in [3.05, 3.63) is 16.1 Å². The lowest BCUT2D eigenvalue weighted by Gasteiger charge is -1.98. The first-order valence-corrected chi connectivity index (χ1v) is 5.07. The third kappa shape index (κ3) is 3.49. The van der Waals surface area contributed by atoms with Crippen LogP contribution in [0.5, 0.6) is 0 Å². The van der Waals surface area contributed by atoms with Crippen molar-refractivity contribution in [2.24, 2.45) is 10.9 Å². The second-order valence-electron chi connectivity index (χ2n) is 3.24. The fourth-order valence-electron chi connectivity index (χ4n) is 0.978. The second kappa shape index (κ2) is 4.90. The van der Waals surface area contributed by atoms with Crippen LogP contribution in [0.1, 0.15) is 24.5 Å². The van der Waals surface area contributed by atoms with Crippen LogP contribution in [-0.2, 0) is 17.8 Å². The maximum absolute atomic E-state index is 9.85. The van der Waals surface area contributed by atoms with Gasteiger partial charge in [-0.15, -0.1) is 11.3 Å². The molecule has 70 valence electrons. The molecule has 0 saturated heterocycles. The minimum Gasteiger partial charge on any atom is -0.244 e. The van der Waals surface area contributed by atoms with Crippen LogP contribution >= 0.6 is 11.3 Å². The van der Waals surface area contributed by atoms with E-state index in [1.165, 1.54) is 6.08 Å². The van der Waals surface area contributed by atoms with Crippen LogP contribution in [0.2, 0.25) is 0 Å². The summed E-state index contributed by atoms with van der Waals surface area (Å²) in [6.07, 6.45) is 2.50. The van der Waals surface area contributed by atoms with Crippen molar-refractivity contribution in [1.29, 1.82) is 0 Å². The molecule has 13 heavy (non-hydrogen) atoms. The van der Waals surface area contributed by atoms with Gasteiger partial charge in [0, 0.05) is 11.8 Å². The van der Waals surface area contributed by atoms with Crippen molar-refractivity contribution in [3.63, 3.8) is 0 Å². The maximum Gasteiger partial charge on any atom is 0.235 e. The Kier molecular flexibility index (Phi) is 3.80. The first kappa shape index (κ1) is 10.1. The quantitative estimate of drug-likeness (QED) is 0.547. The summed E-state index contributed by atoms with van der Waals surface area (Å²) in [5, 5.41) is 3.06. The molecule has 0 aliphatic rings. The first-order valence-electron chi connectivity index (χ1n) is 4.19. The fourth-order valence-corrected chi connectivity index (χ4v) is 1.98. The Morgan fingerprint density at radius 1 is 1.69 bits per heavy atom. The Morgan fingerprint density at radius 2 is 2.46 bits per heavy atom. The molecule has 1 heterocycles. The van der Waals surface area contributed by atoms with Gasteiger partial charge in [0.05, 0.1) is 17.2 Å². The molecule has 0 saturated carbocycles. The summed E-state index contributed by atoms with van der Waals surface area (Å²) >= 11 is 1.63. The molecule has 0 bridgehead atoms. The van der Waals surface area contributed by atoms with E-state index in [-0.39, 0.29) is 0 Å². The first-order chi connectivity index (χ1) is 6.22. The summed E-state index contributed by atoms with van der Waals surface area (Å²) in [5.74, 6) is 0.619. The lowest BCUT2D eigenvalue weighted by Crippen LogP contribution is -1.93. The molecule has 0 unspecified atom stereocenters. The van der Waals surface area contributed by atoms with Crippen LogP contribution in [0.25, 0.3) is 0 Å². The fraction of sp³-hybridized carbons (Fsp3) is 0.556. The summed E-state index contributed by atoms with van der Waals surface area (Å²) in [7, 11) is 0. The highest BCUT2D eigenvalue weighted by molar-refractivity contribution is 7.09. The number of hydrogen-bond acceptors (Lipinski definition) is 4. The molecule has 0 aliphatic carbocycles. The van der Waals surface area contributed by atoms with Gasteiger partial charge in [0.2, 0.25) is 6.08 Å². The number of isocyanates is 1. The van der Waals surface area contributed by atoms with Crippen LogP contribution in [0.3, 0.4) is 0 Å². The predicted molar refractivity (Wildman–Crippen MR) is 52.5 cm³/mol. The standard InChI is InChI=1S/C9H12N2OS/c1-7(2)3-9-11-8(5-13-9)4-10-6-12/h5,7H,3-4H2,1-2H3. The lowest BCUT2D eigenvalue weighted by molar-refractivity contribution is 0.562. The molecule has 0 aromatic carbocycles. The average molecular weight is 196 g/mol. The lowest BCUT2D eigenvalue weighted by atomic mass is 10.1. The van der Waals surface area contributed by atoms with Crippen LogP contribution in [0.4, 0.5) is 0 Å². The van der Waals surface area contributed by atoms with Crippen LogP contribution in [-0.4, -0.2) is 11.1 Å². The van der Waals surface area contributed by atoms with Crippen molar-refractivity contribution >= 4 is 17.4 Å². The van der Waals surface area contributed by atoms with Crippen LogP contribution in [0, 0.1) is 5.92 Å². The molecule has 4 heteroatoms. The third-order valence-electron chi connectivity index (χ3n) is 1.49. The van der Waals surface area contributed by atoms with Gasteiger partial charge in [-0.05, 0) is 5.92 Å². The van der Waals surface area contributed by atoms with E-state index >= 15 is 0 Å². The van der Waals surface area contributed by atoms with Crippen molar-refractivity contribution in [1.82, 2.24) is 4.98 Å². The number of hydrogen-bond donors (Lipinski definition) is 0. The van der Waals surface area contributed by atoms with Crippen molar-refractivity contribution in [2.45, 2.75) is 26.8 Å². The van der Waals surface area contributed by atoms with Crippen LogP contribution in [0.15, 0.2) is 10.4 Å². The zero-order valence-electron chi connectivity index (χ0n) is 7.78. The van der Waals surface area contributed by atoms with E-state index in [9.17, 15) is 4.79 Å². The van der Waals surface area contributed by atoms with E-state index in [1.54, 1.807) is 11.3 Å². The maximum atomic E-state index is 9.85. The second-order valence-corrected chi connectivity index (χ2v) is 4.18. The molecule has 1 aromatic rings. The molecule has 0 fully saturated rings. The number of rotatable bonds is 4. The molecule has 0 spiro atoms. The molecule has 0 aliphatic heterocycles. The van der Waals surface area contributed by atoms with E-state index in [4.69, 9.17) is 0 Å². The summed E-state index contributed by atoms with van der Waals surface area (Å²) in [5.41, 5.74) is 0.865. The highest BCUT2D eigenvalue weighted by atomic mass is 32.1. The van der Waals surface area contributed by atoms with Crippen molar-refractivity contribution in [2.75, 3.05) is 0 Å². The largest absolute Gasteiger partial charge is 0.244 e. The molecular weight excluding hydrogens is 184 g/mol. The highest BCUT2D eigenvalue weighted by Gasteiger charge is 2.03. The molecule has 1 aromatic heterocycles. The van der Waals surface area contributed by atoms with E-state index in [2.05, 4.69) is 23.8 Å². The van der Waals surface area contributed by atoms with E-state index in [0.29, 0.717) is 12.5 Å². The Hall–Kier alpha value is -0.990. The molecule has 1 rings (SSSR count). The number of aliphatic imine (C=N–C) groups is 1. The Balaban J connectivity index is 2.58. The topological polar surface area (TPSA) is 42.3 Å². The monoisotopic (exact) mass is 196 g/mol. The van der Waals surface area contributed by atoms with Gasteiger partial charge >= 0.3 is 0 Å². The third-order valence-corrected chi connectivity index (χ3v) is 2.41. The van der Waals surface area contributed by atoms with Gasteiger partial charge in [0.15, 0.2) is 0 Å². The predicted octanol–water partition coefficient (Wildman–Crippen LogP) is 2.18. The Morgan fingerprint density at radius 3 is 3.08 bits per heavy atom. The molecule has 0 atom stereocenters.